The number of morpholine rings is 1. The lowest BCUT2D eigenvalue weighted by Crippen LogP contribution is -2.47. The Morgan fingerprint density at radius 1 is 1.24 bits per heavy atom. The van der Waals surface area contributed by atoms with Gasteiger partial charge in [-0.2, -0.15) is 0 Å². The van der Waals surface area contributed by atoms with Gasteiger partial charge in [0.1, 0.15) is 5.75 Å². The smallest absolute Gasteiger partial charge is 0.247 e. The summed E-state index contributed by atoms with van der Waals surface area (Å²) in [5.41, 5.74) is 10.9. The van der Waals surface area contributed by atoms with E-state index in [1.165, 1.54) is 6.08 Å². The maximum atomic E-state index is 11.8. The third-order valence-corrected chi connectivity index (χ3v) is 6.46. The van der Waals surface area contributed by atoms with Crippen molar-refractivity contribution in [3.8, 4) is 16.9 Å². The normalized spacial score (nSPS) is 17.1. The van der Waals surface area contributed by atoms with Crippen molar-refractivity contribution in [2.24, 2.45) is 5.73 Å². The van der Waals surface area contributed by atoms with Crippen LogP contribution in [0.2, 0.25) is 0 Å². The predicted octanol–water partition coefficient (Wildman–Crippen LogP) is 4.16. The molecule has 9 nitrogen and oxygen atoms in total. The molecule has 38 heavy (non-hydrogen) atoms. The Labute approximate surface area is 221 Å². The van der Waals surface area contributed by atoms with Crippen LogP contribution < -0.4 is 26.4 Å². The largest absolute Gasteiger partial charge is 0.495 e. The van der Waals surface area contributed by atoms with E-state index in [1.54, 1.807) is 13.3 Å². The van der Waals surface area contributed by atoms with E-state index in [-0.39, 0.29) is 18.1 Å². The van der Waals surface area contributed by atoms with Gasteiger partial charge >= 0.3 is 0 Å². The van der Waals surface area contributed by atoms with Gasteiger partial charge in [-0.1, -0.05) is 43.0 Å². The number of carbonyl (C=O) groups is 1. The highest BCUT2D eigenvalue weighted by atomic mass is 16.5. The van der Waals surface area contributed by atoms with Gasteiger partial charge in [0.15, 0.2) is 0 Å². The number of hydrogen-bond acceptors (Lipinski definition) is 8. The molecule has 0 spiro atoms. The first kappa shape index (κ1) is 25.3. The molecule has 4 aromatic rings. The number of rotatable bonds is 8. The Kier molecular flexibility index (Phi) is 7.60. The standard InChI is InChI=1S/C29H30N6O3/c1-3-26(36)33-21-8-4-6-18(14-21)22-9-5-7-20-17-32-29(35-27(20)22)34-23-11-10-19(15-25(23)37-2)28-24(16-30)31-12-13-38-28/h3-11,14-15,17,24,28,31H,1,12-13,16,30H2,2H3,(H,33,36)(H,32,34,35). The number of benzene rings is 3. The fourth-order valence-electron chi connectivity index (χ4n) is 4.60. The number of carbonyl (C=O) groups excluding carboxylic acids is 1. The number of hydrogen-bond donors (Lipinski definition) is 4. The summed E-state index contributed by atoms with van der Waals surface area (Å²) in [5.74, 6) is 0.816. The molecule has 5 N–H and O–H groups in total. The number of fused-ring (bicyclic) bond motifs is 1. The van der Waals surface area contributed by atoms with E-state index in [2.05, 4.69) is 27.5 Å². The quantitative estimate of drug-likeness (QED) is 0.261. The molecule has 2 unspecified atom stereocenters. The van der Waals surface area contributed by atoms with E-state index in [4.69, 9.17) is 20.2 Å². The summed E-state index contributed by atoms with van der Waals surface area (Å²) in [4.78, 5) is 21.1. The zero-order chi connectivity index (χ0) is 26.5. The summed E-state index contributed by atoms with van der Waals surface area (Å²) in [5, 5.41) is 10.4. The molecule has 0 bridgehead atoms. The molecule has 1 aromatic heterocycles. The highest BCUT2D eigenvalue weighted by Crippen LogP contribution is 2.34. The van der Waals surface area contributed by atoms with E-state index in [0.29, 0.717) is 30.5 Å². The molecule has 1 aliphatic rings. The van der Waals surface area contributed by atoms with Gasteiger partial charge in [0.2, 0.25) is 11.9 Å². The molecule has 1 aliphatic heterocycles. The van der Waals surface area contributed by atoms with Crippen LogP contribution >= 0.6 is 0 Å². The van der Waals surface area contributed by atoms with Crippen molar-refractivity contribution < 1.29 is 14.3 Å². The zero-order valence-electron chi connectivity index (χ0n) is 21.1. The van der Waals surface area contributed by atoms with E-state index in [9.17, 15) is 4.79 Å². The molecule has 1 amide bonds. The molecular formula is C29H30N6O3. The highest BCUT2D eigenvalue weighted by Gasteiger charge is 2.26. The number of ether oxygens (including phenoxy) is 2. The maximum Gasteiger partial charge on any atom is 0.247 e. The number of anilines is 3. The van der Waals surface area contributed by atoms with Gasteiger partial charge in [-0.15, -0.1) is 0 Å². The average molecular weight is 511 g/mol. The Bertz CT molecular complexity index is 1470. The molecule has 2 heterocycles. The molecule has 1 fully saturated rings. The van der Waals surface area contributed by atoms with Crippen molar-refractivity contribution in [3.05, 3.63) is 85.1 Å². The van der Waals surface area contributed by atoms with E-state index in [0.717, 1.165) is 39.8 Å². The molecule has 3 aromatic carbocycles. The fourth-order valence-corrected chi connectivity index (χ4v) is 4.60. The number of aromatic nitrogens is 2. The van der Waals surface area contributed by atoms with Crippen LogP contribution in [0.1, 0.15) is 11.7 Å². The van der Waals surface area contributed by atoms with Gasteiger partial charge in [-0.05, 0) is 41.5 Å². The monoisotopic (exact) mass is 510 g/mol. The van der Waals surface area contributed by atoms with Crippen LogP contribution in [0.4, 0.5) is 17.3 Å². The summed E-state index contributed by atoms with van der Waals surface area (Å²) in [6.45, 7) is 5.39. The highest BCUT2D eigenvalue weighted by molar-refractivity contribution is 6.00. The minimum absolute atomic E-state index is 0.0399. The van der Waals surface area contributed by atoms with Crippen molar-refractivity contribution in [2.75, 3.05) is 37.4 Å². The van der Waals surface area contributed by atoms with Gasteiger partial charge in [0, 0.05) is 42.0 Å². The third kappa shape index (κ3) is 5.35. The molecule has 0 saturated carbocycles. The zero-order valence-corrected chi connectivity index (χ0v) is 21.1. The predicted molar refractivity (Wildman–Crippen MR) is 150 cm³/mol. The number of nitrogens with one attached hydrogen (secondary N) is 3. The van der Waals surface area contributed by atoms with E-state index >= 15 is 0 Å². The summed E-state index contributed by atoms with van der Waals surface area (Å²) in [7, 11) is 1.63. The minimum atomic E-state index is -0.265. The van der Waals surface area contributed by atoms with E-state index in [1.807, 2.05) is 60.7 Å². The summed E-state index contributed by atoms with van der Waals surface area (Å²) < 4.78 is 11.7. The molecule has 0 radical (unpaired) electrons. The molecule has 1 saturated heterocycles. The van der Waals surface area contributed by atoms with Gasteiger partial charge in [0.25, 0.3) is 0 Å². The Morgan fingerprint density at radius 2 is 2.11 bits per heavy atom. The third-order valence-electron chi connectivity index (χ3n) is 6.46. The minimum Gasteiger partial charge on any atom is -0.495 e. The summed E-state index contributed by atoms with van der Waals surface area (Å²) >= 11 is 0. The Morgan fingerprint density at radius 3 is 2.92 bits per heavy atom. The molecule has 0 aliphatic carbocycles. The lowest BCUT2D eigenvalue weighted by molar-refractivity contribution is -0.111. The summed E-state index contributed by atoms with van der Waals surface area (Å²) in [6, 6.07) is 19.5. The molecule has 194 valence electrons. The first-order valence-electron chi connectivity index (χ1n) is 12.4. The SMILES string of the molecule is C=CC(=O)Nc1cccc(-c2cccc3cnc(Nc4ccc(C5OCCNC5CN)cc4OC)nc23)c1. The van der Waals surface area contributed by atoms with Crippen LogP contribution in [0.15, 0.2) is 79.5 Å². The van der Waals surface area contributed by atoms with Gasteiger partial charge in [-0.3, -0.25) is 4.79 Å². The van der Waals surface area contributed by atoms with E-state index < -0.39 is 0 Å². The number of methoxy groups -OCH3 is 1. The Balaban J connectivity index is 1.46. The van der Waals surface area contributed by atoms with Gasteiger partial charge in [-0.25, -0.2) is 9.97 Å². The van der Waals surface area contributed by atoms with Crippen molar-refractivity contribution >= 4 is 34.1 Å². The van der Waals surface area contributed by atoms with Crippen LogP contribution in [-0.2, 0) is 9.53 Å². The maximum absolute atomic E-state index is 11.8. The van der Waals surface area contributed by atoms with Crippen molar-refractivity contribution in [1.29, 1.82) is 0 Å². The molecule has 2 atom stereocenters. The number of para-hydroxylation sites is 1. The lowest BCUT2D eigenvalue weighted by Gasteiger charge is -2.32. The van der Waals surface area contributed by atoms with Crippen LogP contribution in [0.5, 0.6) is 5.75 Å². The second-order valence-corrected chi connectivity index (χ2v) is 8.88. The fraction of sp³-hybridized carbons (Fsp3) is 0.207. The molecular weight excluding hydrogens is 480 g/mol. The number of nitrogens with two attached hydrogens (primary N) is 1. The van der Waals surface area contributed by atoms with Crippen LogP contribution in [-0.4, -0.2) is 48.7 Å². The second kappa shape index (κ2) is 11.4. The average Bonchev–Trinajstić information content (AvgIpc) is 2.97. The van der Waals surface area contributed by atoms with Crippen LogP contribution in [0.3, 0.4) is 0 Å². The first-order chi connectivity index (χ1) is 18.6. The second-order valence-electron chi connectivity index (χ2n) is 8.88. The number of amides is 1. The lowest BCUT2D eigenvalue weighted by atomic mass is 10.00. The van der Waals surface area contributed by atoms with Crippen molar-refractivity contribution in [3.63, 3.8) is 0 Å². The topological polar surface area (TPSA) is 123 Å². The van der Waals surface area contributed by atoms with Gasteiger partial charge < -0.3 is 31.2 Å². The van der Waals surface area contributed by atoms with Crippen molar-refractivity contribution in [1.82, 2.24) is 15.3 Å². The summed E-state index contributed by atoms with van der Waals surface area (Å²) in [6.07, 6.45) is 2.88. The Hall–Kier alpha value is -4.31. The molecule has 9 heteroatoms. The number of nitrogens with zero attached hydrogens (tertiary/aromatic N) is 2. The van der Waals surface area contributed by atoms with Crippen LogP contribution in [0.25, 0.3) is 22.0 Å². The van der Waals surface area contributed by atoms with Crippen molar-refractivity contribution in [2.45, 2.75) is 12.1 Å². The van der Waals surface area contributed by atoms with Crippen LogP contribution in [0, 0.1) is 0 Å². The first-order valence-corrected chi connectivity index (χ1v) is 12.4. The molecule has 5 rings (SSSR count). The van der Waals surface area contributed by atoms with Gasteiger partial charge in [0.05, 0.1) is 31.0 Å².